The zero-order valence-electron chi connectivity index (χ0n) is 25.3. The fourth-order valence-electron chi connectivity index (χ4n) is 5.32. The Hall–Kier alpha value is -4.66. The molecule has 0 spiro atoms. The normalized spacial score (nSPS) is 18.1. The maximum Gasteiger partial charge on any atom is 0.422 e. The molecule has 16 heteroatoms. The van der Waals surface area contributed by atoms with Gasteiger partial charge in [0.1, 0.15) is 0 Å². The summed E-state index contributed by atoms with van der Waals surface area (Å²) in [5.74, 6) is -2.18. The average Bonchev–Trinajstić information content (AvgIpc) is 3.68. The Kier molecular flexibility index (Phi) is 10.3. The molecule has 12 nitrogen and oxygen atoms in total. The van der Waals surface area contributed by atoms with Crippen LogP contribution in [0.2, 0.25) is 5.02 Å². The zero-order valence-corrected chi connectivity index (χ0v) is 26.1. The molecule has 3 aromatic rings. The molecule has 0 aliphatic heterocycles. The van der Waals surface area contributed by atoms with Crippen molar-refractivity contribution in [3.05, 3.63) is 64.7 Å². The number of esters is 1. The van der Waals surface area contributed by atoms with E-state index in [1.807, 2.05) is 12.1 Å². The number of rotatable bonds is 12. The van der Waals surface area contributed by atoms with E-state index < -0.39 is 36.2 Å². The van der Waals surface area contributed by atoms with Gasteiger partial charge in [0.05, 0.1) is 12.1 Å². The van der Waals surface area contributed by atoms with Crippen LogP contribution in [0.3, 0.4) is 0 Å². The van der Waals surface area contributed by atoms with Crippen molar-refractivity contribution in [2.45, 2.75) is 56.8 Å². The molecule has 2 amide bonds. The second kappa shape index (κ2) is 14.4. The highest BCUT2D eigenvalue weighted by atomic mass is 35.5. The molecule has 2 fully saturated rings. The lowest BCUT2D eigenvalue weighted by molar-refractivity contribution is -0.154. The molecule has 1 aromatic heterocycles. The first-order valence-corrected chi connectivity index (χ1v) is 15.4. The van der Waals surface area contributed by atoms with Crippen molar-refractivity contribution in [2.24, 2.45) is 5.92 Å². The Morgan fingerprint density at radius 1 is 0.979 bits per heavy atom. The number of nitrogens with zero attached hydrogens (tertiary/aromatic N) is 3. The van der Waals surface area contributed by atoms with Crippen molar-refractivity contribution >= 4 is 47.0 Å². The van der Waals surface area contributed by atoms with Crippen molar-refractivity contribution in [3.63, 3.8) is 0 Å². The van der Waals surface area contributed by atoms with Gasteiger partial charge in [-0.05, 0) is 80.5 Å². The third-order valence-corrected chi connectivity index (χ3v) is 8.09. The smallest absolute Gasteiger partial charge is 0.422 e. The Bertz CT molecular complexity index is 1590. The molecule has 0 bridgehead atoms. The van der Waals surface area contributed by atoms with Crippen molar-refractivity contribution in [1.82, 2.24) is 25.6 Å². The zero-order chi connectivity index (χ0) is 33.6. The maximum atomic E-state index is 13.0. The molecule has 2 atom stereocenters. The molecular weight excluding hydrogens is 643 g/mol. The predicted octanol–water partition coefficient (Wildman–Crippen LogP) is 4.89. The van der Waals surface area contributed by atoms with Gasteiger partial charge in [0.2, 0.25) is 11.9 Å². The van der Waals surface area contributed by atoms with E-state index in [0.29, 0.717) is 16.3 Å². The third-order valence-electron chi connectivity index (χ3n) is 7.84. The van der Waals surface area contributed by atoms with E-state index in [1.54, 1.807) is 43.3 Å². The van der Waals surface area contributed by atoms with Crippen LogP contribution in [-0.4, -0.2) is 64.7 Å². The van der Waals surface area contributed by atoms with Crippen LogP contribution in [0.5, 0.6) is 6.01 Å². The molecular formula is C31H33ClF3N7O5. The number of anilines is 3. The quantitative estimate of drug-likeness (QED) is 0.154. The van der Waals surface area contributed by atoms with Gasteiger partial charge in [0, 0.05) is 28.9 Å². The van der Waals surface area contributed by atoms with Gasteiger partial charge in [0.25, 0.3) is 5.91 Å². The molecule has 0 radical (unpaired) electrons. The molecule has 2 aliphatic carbocycles. The van der Waals surface area contributed by atoms with E-state index in [4.69, 9.17) is 21.1 Å². The van der Waals surface area contributed by atoms with Crippen LogP contribution in [0.15, 0.2) is 48.5 Å². The van der Waals surface area contributed by atoms with Crippen LogP contribution in [0.25, 0.3) is 0 Å². The third kappa shape index (κ3) is 9.21. The number of ether oxygens (including phenoxy) is 2. The first kappa shape index (κ1) is 33.7. The number of carbonyl (C=O) groups excluding carboxylic acids is 3. The van der Waals surface area contributed by atoms with E-state index in [2.05, 4.69) is 36.2 Å². The van der Waals surface area contributed by atoms with Gasteiger partial charge in [-0.2, -0.15) is 28.1 Å². The second-order valence-corrected chi connectivity index (χ2v) is 11.7. The SMILES string of the molecule is CCOC(=O)C(=O)NCC1CCCC1NC(=O)c1ccc(Nc2nc(NC3(c4ccc(Cl)cc4)CC3)nc(OCC(F)(F)F)n2)cc1. The minimum absolute atomic E-state index is 0.0210. The molecule has 250 valence electrons. The highest BCUT2D eigenvalue weighted by Gasteiger charge is 2.45. The van der Waals surface area contributed by atoms with E-state index in [1.165, 1.54) is 0 Å². The summed E-state index contributed by atoms with van der Waals surface area (Å²) in [7, 11) is 0. The summed E-state index contributed by atoms with van der Waals surface area (Å²) in [6, 6.07) is 12.9. The van der Waals surface area contributed by atoms with Crippen molar-refractivity contribution < 1.29 is 37.0 Å². The standard InChI is InChI=1S/C31H33ClF3N7O5/c1-2-46-26(45)25(44)36-16-19-4-3-5-23(19)38-24(43)18-6-12-22(13-7-18)37-27-39-28(41-29(40-27)47-17-31(33,34)35)42-30(14-15-30)20-8-10-21(32)11-9-20/h6-13,19,23H,2-5,14-17H2,1H3,(H,36,44)(H,38,43)(H2,37,39,40,41,42). The number of nitrogens with one attached hydrogen (secondary N) is 4. The highest BCUT2D eigenvalue weighted by Crippen LogP contribution is 2.48. The van der Waals surface area contributed by atoms with Gasteiger partial charge in [0.15, 0.2) is 6.61 Å². The van der Waals surface area contributed by atoms with E-state index in [9.17, 15) is 27.6 Å². The number of hydrogen-bond acceptors (Lipinski definition) is 10. The Morgan fingerprint density at radius 3 is 2.34 bits per heavy atom. The second-order valence-electron chi connectivity index (χ2n) is 11.3. The highest BCUT2D eigenvalue weighted by molar-refractivity contribution is 6.32. The number of alkyl halides is 3. The molecule has 4 N–H and O–H groups in total. The number of hydrogen-bond donors (Lipinski definition) is 4. The number of amides is 2. The van der Waals surface area contributed by atoms with Crippen LogP contribution in [0, 0.1) is 5.92 Å². The lowest BCUT2D eigenvalue weighted by Crippen LogP contribution is -2.43. The molecule has 5 rings (SSSR count). The first-order valence-electron chi connectivity index (χ1n) is 15.1. The Balaban J connectivity index is 1.24. The summed E-state index contributed by atoms with van der Waals surface area (Å²) in [5, 5.41) is 12.3. The fraction of sp³-hybridized carbons (Fsp3) is 0.419. The van der Waals surface area contributed by atoms with E-state index in [-0.39, 0.29) is 42.9 Å². The number of benzene rings is 2. The molecule has 2 aliphatic rings. The van der Waals surface area contributed by atoms with Crippen LogP contribution in [0.1, 0.15) is 54.9 Å². The first-order chi connectivity index (χ1) is 22.4. The monoisotopic (exact) mass is 675 g/mol. The van der Waals surface area contributed by atoms with Gasteiger partial charge >= 0.3 is 24.1 Å². The summed E-state index contributed by atoms with van der Waals surface area (Å²) in [6.45, 7) is 0.351. The van der Waals surface area contributed by atoms with Crippen molar-refractivity contribution in [1.29, 1.82) is 0 Å². The number of carbonyl (C=O) groups is 3. The Morgan fingerprint density at radius 2 is 1.68 bits per heavy atom. The molecule has 1 heterocycles. The van der Waals surface area contributed by atoms with Gasteiger partial charge in [-0.25, -0.2) is 4.79 Å². The van der Waals surface area contributed by atoms with E-state index in [0.717, 1.165) is 37.7 Å². The molecule has 47 heavy (non-hydrogen) atoms. The topological polar surface area (TPSA) is 156 Å². The number of halogens is 4. The molecule has 2 unspecified atom stereocenters. The maximum absolute atomic E-state index is 13.0. The minimum Gasteiger partial charge on any atom is -0.459 e. The van der Waals surface area contributed by atoms with Gasteiger partial charge in [-0.15, -0.1) is 0 Å². The lowest BCUT2D eigenvalue weighted by Gasteiger charge is -2.21. The van der Waals surface area contributed by atoms with Crippen LogP contribution >= 0.6 is 11.6 Å². The van der Waals surface area contributed by atoms with Crippen LogP contribution in [-0.2, 0) is 19.9 Å². The van der Waals surface area contributed by atoms with Crippen LogP contribution in [0.4, 0.5) is 30.8 Å². The summed E-state index contributed by atoms with van der Waals surface area (Å²) in [5.41, 5.74) is 1.24. The average molecular weight is 676 g/mol. The summed E-state index contributed by atoms with van der Waals surface area (Å²) in [4.78, 5) is 48.9. The Labute approximate surface area is 273 Å². The van der Waals surface area contributed by atoms with Gasteiger partial charge in [-0.1, -0.05) is 30.2 Å². The lowest BCUT2D eigenvalue weighted by atomic mass is 10.0. The molecule has 2 aromatic carbocycles. The fourth-order valence-corrected chi connectivity index (χ4v) is 5.45. The predicted molar refractivity (Wildman–Crippen MR) is 165 cm³/mol. The minimum atomic E-state index is -4.60. The molecule has 2 saturated carbocycles. The van der Waals surface area contributed by atoms with Gasteiger partial charge in [-0.3, -0.25) is 9.59 Å². The van der Waals surface area contributed by atoms with Crippen molar-refractivity contribution in [3.8, 4) is 6.01 Å². The van der Waals surface area contributed by atoms with Gasteiger partial charge < -0.3 is 30.7 Å². The summed E-state index contributed by atoms with van der Waals surface area (Å²) >= 11 is 6.02. The summed E-state index contributed by atoms with van der Waals surface area (Å²) < 4.78 is 48.2. The molecule has 0 saturated heterocycles. The largest absolute Gasteiger partial charge is 0.459 e. The summed E-state index contributed by atoms with van der Waals surface area (Å²) in [6.07, 6.45) is -0.759. The van der Waals surface area contributed by atoms with Crippen LogP contribution < -0.4 is 26.0 Å². The van der Waals surface area contributed by atoms with Crippen molar-refractivity contribution in [2.75, 3.05) is 30.4 Å². The van der Waals surface area contributed by atoms with E-state index >= 15 is 0 Å². The number of aromatic nitrogens is 3.